The van der Waals surface area contributed by atoms with Crippen LogP contribution in [0.25, 0.3) is 0 Å². The zero-order valence-electron chi connectivity index (χ0n) is 15.8. The molecule has 0 radical (unpaired) electrons. The largest absolute Gasteiger partial charge is 0.468 e. The number of hydrogen-bond donors (Lipinski definition) is 2. The number of halogens is 1. The molecule has 9 heteroatoms. The summed E-state index contributed by atoms with van der Waals surface area (Å²) in [6.45, 7) is -0.357. The van der Waals surface area contributed by atoms with Crippen molar-refractivity contribution in [2.45, 2.75) is 48.3 Å². The Kier molecular flexibility index (Phi) is 6.68. The molecule has 1 unspecified atom stereocenters. The van der Waals surface area contributed by atoms with Gasteiger partial charge in [0, 0.05) is 12.6 Å². The summed E-state index contributed by atoms with van der Waals surface area (Å²) in [6, 6.07) is 7.35. The van der Waals surface area contributed by atoms with E-state index in [0.29, 0.717) is 0 Å². The molecule has 1 aromatic carbocycles. The van der Waals surface area contributed by atoms with Gasteiger partial charge in [-0.1, -0.05) is 19.3 Å². The SMILES string of the molecule is O=C(NCC(c1ccco1)S(=O)(=O)c1ccc(F)cc1)C(=O)NC1CCCCC1. The van der Waals surface area contributed by atoms with Crippen molar-refractivity contribution in [3.63, 3.8) is 0 Å². The Morgan fingerprint density at radius 2 is 1.76 bits per heavy atom. The second-order valence-corrected chi connectivity index (χ2v) is 9.15. The van der Waals surface area contributed by atoms with Crippen LogP contribution in [-0.2, 0) is 19.4 Å². The molecule has 29 heavy (non-hydrogen) atoms. The molecular formula is C20H23FN2O5S. The Morgan fingerprint density at radius 3 is 2.38 bits per heavy atom. The fourth-order valence-corrected chi connectivity index (χ4v) is 4.98. The third kappa shape index (κ3) is 5.23. The quantitative estimate of drug-likeness (QED) is 0.550. The molecule has 1 aliphatic rings. The van der Waals surface area contributed by atoms with Crippen molar-refractivity contribution in [3.05, 3.63) is 54.2 Å². The smallest absolute Gasteiger partial charge is 0.309 e. The minimum atomic E-state index is -4.00. The van der Waals surface area contributed by atoms with Crippen molar-refractivity contribution in [2.24, 2.45) is 0 Å². The summed E-state index contributed by atoms with van der Waals surface area (Å²) in [5.74, 6) is -2.13. The lowest BCUT2D eigenvalue weighted by Gasteiger charge is -2.22. The van der Waals surface area contributed by atoms with Gasteiger partial charge in [-0.2, -0.15) is 0 Å². The Hall–Kier alpha value is -2.68. The average Bonchev–Trinajstić information content (AvgIpc) is 3.23. The third-order valence-electron chi connectivity index (χ3n) is 4.97. The Balaban J connectivity index is 1.70. The number of carbonyl (C=O) groups is 2. The molecule has 3 rings (SSSR count). The molecule has 0 aliphatic heterocycles. The maximum Gasteiger partial charge on any atom is 0.309 e. The Bertz CT molecular complexity index is 936. The van der Waals surface area contributed by atoms with E-state index in [2.05, 4.69) is 10.6 Å². The highest BCUT2D eigenvalue weighted by Crippen LogP contribution is 2.29. The van der Waals surface area contributed by atoms with Crippen molar-refractivity contribution < 1.29 is 26.8 Å². The van der Waals surface area contributed by atoms with Crippen molar-refractivity contribution in [3.8, 4) is 0 Å². The fraction of sp³-hybridized carbons (Fsp3) is 0.400. The predicted molar refractivity (Wildman–Crippen MR) is 103 cm³/mol. The average molecular weight is 422 g/mol. The monoisotopic (exact) mass is 422 g/mol. The van der Waals surface area contributed by atoms with Gasteiger partial charge in [-0.25, -0.2) is 12.8 Å². The van der Waals surface area contributed by atoms with E-state index in [4.69, 9.17) is 4.42 Å². The number of rotatable bonds is 6. The zero-order valence-corrected chi connectivity index (χ0v) is 16.6. The van der Waals surface area contributed by atoms with Crippen LogP contribution in [-0.4, -0.2) is 32.8 Å². The summed E-state index contributed by atoms with van der Waals surface area (Å²) in [5.41, 5.74) is 0. The zero-order chi connectivity index (χ0) is 20.9. The van der Waals surface area contributed by atoms with Gasteiger partial charge in [-0.3, -0.25) is 9.59 Å². The standard InChI is InChI=1S/C20H23FN2O5S/c21-14-8-10-16(11-9-14)29(26,27)18(17-7-4-12-28-17)13-22-19(24)20(25)23-15-5-2-1-3-6-15/h4,7-12,15,18H,1-3,5-6,13H2,(H,22,24)(H,23,25). The molecule has 2 aromatic rings. The predicted octanol–water partition coefficient (Wildman–Crippen LogP) is 2.50. The normalized spacial score (nSPS) is 16.2. The van der Waals surface area contributed by atoms with Crippen molar-refractivity contribution in [2.75, 3.05) is 6.54 Å². The number of hydrogen-bond acceptors (Lipinski definition) is 5. The first-order valence-corrected chi connectivity index (χ1v) is 11.0. The van der Waals surface area contributed by atoms with E-state index < -0.39 is 32.7 Å². The highest BCUT2D eigenvalue weighted by Gasteiger charge is 2.32. The van der Waals surface area contributed by atoms with Gasteiger partial charge >= 0.3 is 11.8 Å². The van der Waals surface area contributed by atoms with Gasteiger partial charge in [0.15, 0.2) is 9.84 Å². The van der Waals surface area contributed by atoms with Crippen LogP contribution in [0.5, 0.6) is 0 Å². The van der Waals surface area contributed by atoms with Crippen LogP contribution in [0.15, 0.2) is 52.0 Å². The number of furan rings is 1. The Labute approximate surface area is 168 Å². The lowest BCUT2D eigenvalue weighted by atomic mass is 9.95. The number of nitrogens with one attached hydrogen (secondary N) is 2. The van der Waals surface area contributed by atoms with Gasteiger partial charge in [0.1, 0.15) is 16.8 Å². The topological polar surface area (TPSA) is 105 Å². The minimum Gasteiger partial charge on any atom is -0.468 e. The molecule has 1 fully saturated rings. The van der Waals surface area contributed by atoms with Crippen LogP contribution in [0.2, 0.25) is 0 Å². The van der Waals surface area contributed by atoms with Crippen molar-refractivity contribution in [1.29, 1.82) is 0 Å². The molecule has 0 saturated heterocycles. The van der Waals surface area contributed by atoms with Gasteiger partial charge in [0.25, 0.3) is 0 Å². The van der Waals surface area contributed by atoms with Crippen molar-refractivity contribution in [1.82, 2.24) is 10.6 Å². The number of benzene rings is 1. The molecule has 1 saturated carbocycles. The highest BCUT2D eigenvalue weighted by molar-refractivity contribution is 7.91. The lowest BCUT2D eigenvalue weighted by Crippen LogP contribution is -2.46. The van der Waals surface area contributed by atoms with E-state index in [0.717, 1.165) is 56.4 Å². The maximum atomic E-state index is 13.2. The first-order chi connectivity index (χ1) is 13.9. The minimum absolute atomic E-state index is 0.0363. The van der Waals surface area contributed by atoms with Crippen LogP contribution in [0, 0.1) is 5.82 Å². The van der Waals surface area contributed by atoms with Gasteiger partial charge in [0.05, 0.1) is 11.2 Å². The molecule has 156 valence electrons. The first kappa shape index (κ1) is 21.0. The lowest BCUT2D eigenvalue weighted by molar-refractivity contribution is -0.139. The number of amides is 2. The molecule has 1 heterocycles. The molecule has 0 bridgehead atoms. The molecule has 1 atom stereocenters. The van der Waals surface area contributed by atoms with Crippen LogP contribution in [0.4, 0.5) is 4.39 Å². The van der Waals surface area contributed by atoms with E-state index in [9.17, 15) is 22.4 Å². The summed E-state index contributed by atoms with van der Waals surface area (Å²) in [5, 5.41) is 3.82. The van der Waals surface area contributed by atoms with Crippen molar-refractivity contribution >= 4 is 21.7 Å². The summed E-state index contributed by atoms with van der Waals surface area (Å²) in [7, 11) is -4.00. The second kappa shape index (κ2) is 9.21. The summed E-state index contributed by atoms with van der Waals surface area (Å²) in [6.07, 6.45) is 6.09. The summed E-state index contributed by atoms with van der Waals surface area (Å²) >= 11 is 0. The van der Waals surface area contributed by atoms with Gasteiger partial charge in [-0.05, 0) is 49.2 Å². The first-order valence-electron chi connectivity index (χ1n) is 9.49. The fourth-order valence-electron chi connectivity index (χ4n) is 3.39. The third-order valence-corrected chi connectivity index (χ3v) is 7.05. The highest BCUT2D eigenvalue weighted by atomic mass is 32.2. The molecule has 2 amide bonds. The summed E-state index contributed by atoms with van der Waals surface area (Å²) in [4.78, 5) is 24.2. The molecule has 2 N–H and O–H groups in total. The molecular weight excluding hydrogens is 399 g/mol. The molecule has 7 nitrogen and oxygen atoms in total. The van der Waals surface area contributed by atoms with Gasteiger partial charge in [0.2, 0.25) is 0 Å². The van der Waals surface area contributed by atoms with Crippen LogP contribution in [0.3, 0.4) is 0 Å². The molecule has 0 spiro atoms. The van der Waals surface area contributed by atoms with Gasteiger partial charge < -0.3 is 15.1 Å². The van der Waals surface area contributed by atoms with Gasteiger partial charge in [-0.15, -0.1) is 0 Å². The number of sulfone groups is 1. The summed E-state index contributed by atoms with van der Waals surface area (Å²) < 4.78 is 44.4. The Morgan fingerprint density at radius 1 is 1.07 bits per heavy atom. The molecule has 1 aliphatic carbocycles. The van der Waals surface area contributed by atoms with E-state index in [1.165, 1.54) is 18.4 Å². The van der Waals surface area contributed by atoms with Crippen LogP contribution < -0.4 is 10.6 Å². The van der Waals surface area contributed by atoms with E-state index in [-0.39, 0.29) is 23.2 Å². The van der Waals surface area contributed by atoms with Crippen LogP contribution >= 0.6 is 0 Å². The van der Waals surface area contributed by atoms with E-state index >= 15 is 0 Å². The van der Waals surface area contributed by atoms with E-state index in [1.54, 1.807) is 0 Å². The second-order valence-electron chi connectivity index (χ2n) is 7.02. The number of carbonyl (C=O) groups excluding carboxylic acids is 2. The van der Waals surface area contributed by atoms with E-state index in [1.807, 2.05) is 0 Å². The maximum absolute atomic E-state index is 13.2. The van der Waals surface area contributed by atoms with Crippen LogP contribution in [0.1, 0.15) is 43.1 Å². The molecule has 1 aromatic heterocycles.